The van der Waals surface area contributed by atoms with Crippen LogP contribution in [0.3, 0.4) is 0 Å². The molecule has 0 bridgehead atoms. The highest BCUT2D eigenvalue weighted by Crippen LogP contribution is 2.04. The fourth-order valence-corrected chi connectivity index (χ4v) is 0.411. The van der Waals surface area contributed by atoms with Crippen molar-refractivity contribution >= 4 is 12.3 Å². The number of hydrogen-bond acceptors (Lipinski definition) is 3. The molecule has 0 fully saturated rings. The second kappa shape index (κ2) is 9.44. The maximum atomic E-state index is 10.4. The van der Waals surface area contributed by atoms with Gasteiger partial charge in [0.15, 0.2) is 0 Å². The topological polar surface area (TPSA) is 43.4 Å². The van der Waals surface area contributed by atoms with Gasteiger partial charge in [-0.1, -0.05) is 27.4 Å². The van der Waals surface area contributed by atoms with Crippen LogP contribution in [0.5, 0.6) is 0 Å². The van der Waals surface area contributed by atoms with Gasteiger partial charge in [0.1, 0.15) is 6.29 Å². The van der Waals surface area contributed by atoms with Crippen molar-refractivity contribution in [3.63, 3.8) is 0 Å². The molecule has 15 heavy (non-hydrogen) atoms. The molecule has 0 aromatic heterocycles. The number of aldehydes is 1. The van der Waals surface area contributed by atoms with E-state index < -0.39 is 0 Å². The van der Waals surface area contributed by atoms with Gasteiger partial charge in [-0.3, -0.25) is 0 Å². The highest BCUT2D eigenvalue weighted by Gasteiger charge is 2.02. The van der Waals surface area contributed by atoms with Gasteiger partial charge in [-0.15, -0.1) is 0 Å². The molecule has 1 atom stereocenters. The van der Waals surface area contributed by atoms with Crippen molar-refractivity contribution in [3.05, 3.63) is 12.2 Å². The lowest BCUT2D eigenvalue weighted by atomic mass is 10.0. The average Bonchev–Trinajstić information content (AvgIpc) is 2.17. The van der Waals surface area contributed by atoms with Crippen molar-refractivity contribution in [2.75, 3.05) is 6.61 Å². The zero-order chi connectivity index (χ0) is 12.4. The zero-order valence-corrected chi connectivity index (χ0v) is 10.4. The number of esters is 1. The predicted octanol–water partition coefficient (Wildman–Crippen LogP) is 2.60. The van der Waals surface area contributed by atoms with Gasteiger partial charge < -0.3 is 9.53 Å². The minimum absolute atomic E-state index is 0.222. The van der Waals surface area contributed by atoms with E-state index in [1.165, 1.54) is 0 Å². The maximum absolute atomic E-state index is 10.4. The first-order valence-corrected chi connectivity index (χ1v) is 5.14. The molecule has 0 aromatic rings. The summed E-state index contributed by atoms with van der Waals surface area (Å²) in [6.07, 6.45) is 0.991. The first-order valence-electron chi connectivity index (χ1n) is 5.14. The third-order valence-corrected chi connectivity index (χ3v) is 1.89. The molecule has 0 rings (SSSR count). The van der Waals surface area contributed by atoms with E-state index in [1.807, 2.05) is 20.8 Å². The monoisotopic (exact) mass is 214 g/mol. The van der Waals surface area contributed by atoms with E-state index in [4.69, 9.17) is 0 Å². The normalized spacial score (nSPS) is 11.1. The van der Waals surface area contributed by atoms with Gasteiger partial charge in [0.05, 0.1) is 6.61 Å². The van der Waals surface area contributed by atoms with Gasteiger partial charge in [-0.25, -0.2) is 4.79 Å². The van der Waals surface area contributed by atoms with Crippen LogP contribution in [0, 0.1) is 11.8 Å². The zero-order valence-electron chi connectivity index (χ0n) is 10.4. The van der Waals surface area contributed by atoms with E-state index in [9.17, 15) is 9.59 Å². The van der Waals surface area contributed by atoms with Gasteiger partial charge in [0, 0.05) is 11.5 Å². The standard InChI is InChI=1S/C6H10O2.C6H12O/c1-4-8-6(7)5(2)3;1-5(2)6(3)4-7/h2,4H2,1,3H3;4-6H,1-3H3. The molecule has 3 heteroatoms. The Labute approximate surface area is 92.5 Å². The van der Waals surface area contributed by atoms with E-state index in [-0.39, 0.29) is 11.9 Å². The highest BCUT2D eigenvalue weighted by atomic mass is 16.5. The van der Waals surface area contributed by atoms with Crippen molar-refractivity contribution in [3.8, 4) is 0 Å². The van der Waals surface area contributed by atoms with E-state index >= 15 is 0 Å². The summed E-state index contributed by atoms with van der Waals surface area (Å²) in [7, 11) is 0. The fourth-order valence-electron chi connectivity index (χ4n) is 0.411. The van der Waals surface area contributed by atoms with E-state index in [0.29, 0.717) is 18.1 Å². The third-order valence-electron chi connectivity index (χ3n) is 1.89. The van der Waals surface area contributed by atoms with Gasteiger partial charge in [-0.2, -0.15) is 0 Å². The first-order chi connectivity index (χ1) is 6.86. The molecule has 0 aliphatic carbocycles. The second-order valence-corrected chi connectivity index (χ2v) is 3.74. The van der Waals surface area contributed by atoms with Crippen LogP contribution in [-0.4, -0.2) is 18.9 Å². The van der Waals surface area contributed by atoms with E-state index in [0.717, 1.165) is 6.29 Å². The summed E-state index contributed by atoms with van der Waals surface area (Å²) in [4.78, 5) is 20.4. The van der Waals surface area contributed by atoms with Crippen molar-refractivity contribution in [2.45, 2.75) is 34.6 Å². The second-order valence-electron chi connectivity index (χ2n) is 3.74. The summed E-state index contributed by atoms with van der Waals surface area (Å²) in [5.41, 5.74) is 0.451. The molecule has 0 aliphatic rings. The summed E-state index contributed by atoms with van der Waals surface area (Å²) < 4.78 is 4.56. The van der Waals surface area contributed by atoms with Gasteiger partial charge in [-0.05, 0) is 19.8 Å². The summed E-state index contributed by atoms with van der Waals surface area (Å²) in [6.45, 7) is 13.2. The highest BCUT2D eigenvalue weighted by molar-refractivity contribution is 5.86. The number of carbonyl (C=O) groups excluding carboxylic acids is 2. The Morgan fingerprint density at radius 1 is 1.40 bits per heavy atom. The summed E-state index contributed by atoms with van der Waals surface area (Å²) >= 11 is 0. The van der Waals surface area contributed by atoms with Crippen molar-refractivity contribution in [1.82, 2.24) is 0 Å². The number of hydrogen-bond donors (Lipinski definition) is 0. The molecule has 0 spiro atoms. The van der Waals surface area contributed by atoms with Gasteiger partial charge in [0.2, 0.25) is 0 Å². The van der Waals surface area contributed by atoms with Crippen molar-refractivity contribution in [2.24, 2.45) is 11.8 Å². The lowest BCUT2D eigenvalue weighted by molar-refractivity contribution is -0.138. The molecular formula is C12H22O3. The lowest BCUT2D eigenvalue weighted by Crippen LogP contribution is -2.03. The molecule has 0 saturated heterocycles. The molecule has 0 aromatic carbocycles. The minimum atomic E-state index is -0.312. The summed E-state index contributed by atoms with van der Waals surface area (Å²) in [6, 6.07) is 0. The average molecular weight is 214 g/mol. The largest absolute Gasteiger partial charge is 0.463 e. The first kappa shape index (κ1) is 16.3. The minimum Gasteiger partial charge on any atom is -0.463 e. The van der Waals surface area contributed by atoms with Gasteiger partial charge in [0.25, 0.3) is 0 Å². The molecular weight excluding hydrogens is 192 g/mol. The lowest BCUT2D eigenvalue weighted by Gasteiger charge is -2.04. The smallest absolute Gasteiger partial charge is 0.333 e. The van der Waals surface area contributed by atoms with Crippen LogP contribution in [0.25, 0.3) is 0 Å². The van der Waals surface area contributed by atoms with Crippen LogP contribution in [0.4, 0.5) is 0 Å². The maximum Gasteiger partial charge on any atom is 0.333 e. The quantitative estimate of drug-likeness (QED) is 0.410. The van der Waals surface area contributed by atoms with Crippen LogP contribution >= 0.6 is 0 Å². The van der Waals surface area contributed by atoms with Crippen LogP contribution in [0.2, 0.25) is 0 Å². The molecule has 1 unspecified atom stereocenters. The Morgan fingerprint density at radius 2 is 1.87 bits per heavy atom. The molecule has 0 heterocycles. The van der Waals surface area contributed by atoms with Crippen LogP contribution in [-0.2, 0) is 14.3 Å². The van der Waals surface area contributed by atoms with Crippen molar-refractivity contribution in [1.29, 1.82) is 0 Å². The SMILES string of the molecule is C=C(C)C(=O)OCC.CC(C)C(C)C=O. The number of rotatable bonds is 4. The Balaban J connectivity index is 0. The molecule has 0 amide bonds. The van der Waals surface area contributed by atoms with E-state index in [2.05, 4.69) is 11.3 Å². The van der Waals surface area contributed by atoms with Crippen LogP contribution in [0.15, 0.2) is 12.2 Å². The summed E-state index contributed by atoms with van der Waals surface area (Å²) in [5.74, 6) is 0.407. The van der Waals surface area contributed by atoms with Gasteiger partial charge >= 0.3 is 5.97 Å². The Bertz CT molecular complexity index is 207. The van der Waals surface area contributed by atoms with Crippen LogP contribution in [0.1, 0.15) is 34.6 Å². The molecule has 0 saturated carbocycles. The molecule has 0 N–H and O–H groups in total. The Kier molecular flexibility index (Phi) is 10.3. The predicted molar refractivity (Wildman–Crippen MR) is 61.5 cm³/mol. The molecule has 0 radical (unpaired) electrons. The van der Waals surface area contributed by atoms with Crippen LogP contribution < -0.4 is 0 Å². The molecule has 88 valence electrons. The van der Waals surface area contributed by atoms with Crippen molar-refractivity contribution < 1.29 is 14.3 Å². The Hall–Kier alpha value is -1.12. The summed E-state index contributed by atoms with van der Waals surface area (Å²) in [5, 5.41) is 0. The van der Waals surface area contributed by atoms with E-state index in [1.54, 1.807) is 13.8 Å². The molecule has 0 aliphatic heterocycles. The third kappa shape index (κ3) is 10.8. The number of carbonyl (C=O) groups is 2. The fraction of sp³-hybridized carbons (Fsp3) is 0.667. The Morgan fingerprint density at radius 3 is 1.93 bits per heavy atom. The molecule has 3 nitrogen and oxygen atoms in total. The number of ether oxygens (including phenoxy) is 1.